The van der Waals surface area contributed by atoms with E-state index in [-0.39, 0.29) is 18.2 Å². The summed E-state index contributed by atoms with van der Waals surface area (Å²) >= 11 is 0. The molecule has 0 radical (unpaired) electrons. The number of carboxylic acid groups (broad SMARTS) is 1. The van der Waals surface area contributed by atoms with E-state index in [0.717, 1.165) is 19.3 Å². The zero-order valence-corrected chi connectivity index (χ0v) is 11.6. The van der Waals surface area contributed by atoms with Crippen molar-refractivity contribution in [1.29, 1.82) is 0 Å². The number of hydrogen-bond donors (Lipinski definition) is 2. The van der Waals surface area contributed by atoms with Crippen LogP contribution in [0.15, 0.2) is 0 Å². The van der Waals surface area contributed by atoms with E-state index in [1.807, 2.05) is 6.92 Å². The van der Waals surface area contributed by atoms with Gasteiger partial charge in [-0.25, -0.2) is 4.98 Å². The number of H-pyrrole nitrogens is 1. The second-order valence-corrected chi connectivity index (χ2v) is 5.13. The molecule has 2 heterocycles. The summed E-state index contributed by atoms with van der Waals surface area (Å²) in [7, 11) is 0. The van der Waals surface area contributed by atoms with Gasteiger partial charge in [-0.05, 0) is 25.2 Å². The second kappa shape index (κ2) is 6.49. The van der Waals surface area contributed by atoms with Crippen molar-refractivity contribution in [3.8, 4) is 0 Å². The van der Waals surface area contributed by atoms with E-state index in [1.54, 1.807) is 4.90 Å². The van der Waals surface area contributed by atoms with Gasteiger partial charge in [-0.2, -0.15) is 0 Å². The molecule has 7 nitrogen and oxygen atoms in total. The Hall–Kier alpha value is -1.92. The maximum atomic E-state index is 12.2. The quantitative estimate of drug-likeness (QED) is 0.841. The van der Waals surface area contributed by atoms with Gasteiger partial charge in [0.25, 0.3) is 5.91 Å². The van der Waals surface area contributed by atoms with Gasteiger partial charge in [0.2, 0.25) is 5.82 Å². The van der Waals surface area contributed by atoms with Gasteiger partial charge in [-0.15, -0.1) is 5.10 Å². The van der Waals surface area contributed by atoms with E-state index >= 15 is 0 Å². The molecule has 0 unspecified atom stereocenters. The number of hydrogen-bond acceptors (Lipinski definition) is 4. The standard InChI is InChI=1S/C13H20N4O3/c1-2-10-14-12(16-15-10)13(20)17-7-5-9(6-8-17)3-4-11(18)19/h9H,2-8H2,1H3,(H,18,19)(H,14,15,16). The van der Waals surface area contributed by atoms with E-state index in [0.29, 0.717) is 31.3 Å². The number of rotatable bonds is 5. The van der Waals surface area contributed by atoms with Crippen molar-refractivity contribution in [2.24, 2.45) is 5.92 Å². The van der Waals surface area contributed by atoms with Crippen molar-refractivity contribution in [3.63, 3.8) is 0 Å². The SMILES string of the molecule is CCc1nc(C(=O)N2CCC(CCC(=O)O)CC2)n[nH]1. The Balaban J connectivity index is 1.84. The summed E-state index contributed by atoms with van der Waals surface area (Å²) in [6, 6.07) is 0. The fraction of sp³-hybridized carbons (Fsp3) is 0.692. The van der Waals surface area contributed by atoms with Crippen LogP contribution in [0, 0.1) is 5.92 Å². The average molecular weight is 280 g/mol. The number of piperidine rings is 1. The summed E-state index contributed by atoms with van der Waals surface area (Å²) in [4.78, 5) is 28.6. The van der Waals surface area contributed by atoms with E-state index in [9.17, 15) is 9.59 Å². The number of amides is 1. The highest BCUT2D eigenvalue weighted by Crippen LogP contribution is 2.22. The highest BCUT2D eigenvalue weighted by Gasteiger charge is 2.26. The van der Waals surface area contributed by atoms with E-state index in [2.05, 4.69) is 15.2 Å². The van der Waals surface area contributed by atoms with Crippen LogP contribution in [-0.4, -0.2) is 50.2 Å². The lowest BCUT2D eigenvalue weighted by Gasteiger charge is -2.31. The maximum absolute atomic E-state index is 12.2. The van der Waals surface area contributed by atoms with Crippen molar-refractivity contribution in [3.05, 3.63) is 11.6 Å². The Morgan fingerprint density at radius 2 is 2.10 bits per heavy atom. The predicted octanol–water partition coefficient (Wildman–Crippen LogP) is 1.08. The lowest BCUT2D eigenvalue weighted by Crippen LogP contribution is -2.39. The minimum absolute atomic E-state index is 0.141. The van der Waals surface area contributed by atoms with Crippen LogP contribution in [0.1, 0.15) is 49.1 Å². The number of carboxylic acids is 1. The van der Waals surface area contributed by atoms with Gasteiger partial charge in [0.05, 0.1) is 0 Å². The molecule has 0 atom stereocenters. The van der Waals surface area contributed by atoms with Crippen LogP contribution in [-0.2, 0) is 11.2 Å². The first-order chi connectivity index (χ1) is 9.60. The first-order valence-electron chi connectivity index (χ1n) is 7.02. The highest BCUT2D eigenvalue weighted by molar-refractivity contribution is 5.90. The molecule has 20 heavy (non-hydrogen) atoms. The number of aliphatic carboxylic acids is 1. The van der Waals surface area contributed by atoms with Crippen molar-refractivity contribution in [2.45, 2.75) is 39.0 Å². The number of carbonyl (C=O) groups excluding carboxylic acids is 1. The fourth-order valence-electron chi connectivity index (χ4n) is 2.44. The summed E-state index contributed by atoms with van der Waals surface area (Å²) in [6.45, 7) is 3.25. The van der Waals surface area contributed by atoms with E-state index in [1.165, 1.54) is 0 Å². The lowest BCUT2D eigenvalue weighted by molar-refractivity contribution is -0.137. The molecule has 0 spiro atoms. The number of carbonyl (C=O) groups is 2. The molecule has 1 aliphatic rings. The zero-order chi connectivity index (χ0) is 14.5. The Labute approximate surface area is 117 Å². The number of aromatic nitrogens is 3. The molecule has 1 amide bonds. The monoisotopic (exact) mass is 280 g/mol. The molecule has 0 bridgehead atoms. The molecule has 0 aromatic carbocycles. The molecule has 1 fully saturated rings. The number of aromatic amines is 1. The molecule has 1 aliphatic heterocycles. The zero-order valence-electron chi connectivity index (χ0n) is 11.6. The van der Waals surface area contributed by atoms with Crippen LogP contribution in [0.5, 0.6) is 0 Å². The normalized spacial score (nSPS) is 16.4. The summed E-state index contributed by atoms with van der Waals surface area (Å²) in [5.74, 6) is 0.443. The molecular weight excluding hydrogens is 260 g/mol. The van der Waals surface area contributed by atoms with Crippen molar-refractivity contribution < 1.29 is 14.7 Å². The highest BCUT2D eigenvalue weighted by atomic mass is 16.4. The van der Waals surface area contributed by atoms with Gasteiger partial charge in [0, 0.05) is 25.9 Å². The first-order valence-corrected chi connectivity index (χ1v) is 7.02. The minimum atomic E-state index is -0.753. The smallest absolute Gasteiger partial charge is 0.303 e. The van der Waals surface area contributed by atoms with Gasteiger partial charge >= 0.3 is 5.97 Å². The molecule has 1 aromatic heterocycles. The second-order valence-electron chi connectivity index (χ2n) is 5.13. The molecule has 0 saturated carbocycles. The Kier molecular flexibility index (Phi) is 4.70. The molecule has 110 valence electrons. The molecular formula is C13H20N4O3. The van der Waals surface area contributed by atoms with Crippen molar-refractivity contribution in [1.82, 2.24) is 20.1 Å². The summed E-state index contributed by atoms with van der Waals surface area (Å²) in [6.07, 6.45) is 3.32. The van der Waals surface area contributed by atoms with Crippen LogP contribution in [0.4, 0.5) is 0 Å². The summed E-state index contributed by atoms with van der Waals surface area (Å²) in [5, 5.41) is 15.4. The minimum Gasteiger partial charge on any atom is -0.481 e. The van der Waals surface area contributed by atoms with Gasteiger partial charge in [0.15, 0.2) is 0 Å². The van der Waals surface area contributed by atoms with Gasteiger partial charge in [-0.1, -0.05) is 6.92 Å². The van der Waals surface area contributed by atoms with Crippen LogP contribution < -0.4 is 0 Å². The van der Waals surface area contributed by atoms with E-state index < -0.39 is 5.97 Å². The largest absolute Gasteiger partial charge is 0.481 e. The molecule has 0 aliphatic carbocycles. The third kappa shape index (κ3) is 3.55. The van der Waals surface area contributed by atoms with Gasteiger partial charge < -0.3 is 10.0 Å². The Bertz CT molecular complexity index is 478. The molecule has 1 saturated heterocycles. The van der Waals surface area contributed by atoms with Crippen LogP contribution in [0.2, 0.25) is 0 Å². The Morgan fingerprint density at radius 1 is 1.40 bits per heavy atom. The average Bonchev–Trinajstić information content (AvgIpc) is 2.94. The Morgan fingerprint density at radius 3 is 2.65 bits per heavy atom. The van der Waals surface area contributed by atoms with Crippen LogP contribution in [0.3, 0.4) is 0 Å². The topological polar surface area (TPSA) is 99.2 Å². The van der Waals surface area contributed by atoms with Crippen molar-refractivity contribution >= 4 is 11.9 Å². The van der Waals surface area contributed by atoms with Crippen LogP contribution in [0.25, 0.3) is 0 Å². The summed E-state index contributed by atoms with van der Waals surface area (Å²) < 4.78 is 0. The van der Waals surface area contributed by atoms with Crippen LogP contribution >= 0.6 is 0 Å². The molecule has 7 heteroatoms. The molecule has 2 rings (SSSR count). The van der Waals surface area contributed by atoms with E-state index in [4.69, 9.17) is 5.11 Å². The third-order valence-electron chi connectivity index (χ3n) is 3.73. The first kappa shape index (κ1) is 14.5. The number of nitrogens with one attached hydrogen (secondary N) is 1. The number of likely N-dealkylation sites (tertiary alicyclic amines) is 1. The predicted molar refractivity (Wildman–Crippen MR) is 71.3 cm³/mol. The van der Waals surface area contributed by atoms with Crippen molar-refractivity contribution in [2.75, 3.05) is 13.1 Å². The third-order valence-corrected chi connectivity index (χ3v) is 3.73. The molecule has 1 aromatic rings. The molecule has 2 N–H and O–H groups in total. The maximum Gasteiger partial charge on any atom is 0.303 e. The number of nitrogens with zero attached hydrogens (tertiary/aromatic N) is 3. The summed E-state index contributed by atoms with van der Waals surface area (Å²) in [5.41, 5.74) is 0. The fourth-order valence-corrected chi connectivity index (χ4v) is 2.44. The lowest BCUT2D eigenvalue weighted by atomic mass is 9.92. The number of aryl methyl sites for hydroxylation is 1. The van der Waals surface area contributed by atoms with Gasteiger partial charge in [-0.3, -0.25) is 14.7 Å². The van der Waals surface area contributed by atoms with Gasteiger partial charge in [0.1, 0.15) is 5.82 Å².